The van der Waals surface area contributed by atoms with Crippen molar-refractivity contribution >= 4 is 15.9 Å². The van der Waals surface area contributed by atoms with Crippen molar-refractivity contribution < 1.29 is 4.74 Å². The Bertz CT molecular complexity index is 361. The van der Waals surface area contributed by atoms with Crippen molar-refractivity contribution in [2.75, 3.05) is 6.61 Å². The van der Waals surface area contributed by atoms with Crippen LogP contribution in [0.1, 0.15) is 30.3 Å². The molecule has 1 aliphatic carbocycles. The van der Waals surface area contributed by atoms with Gasteiger partial charge in [-0.3, -0.25) is 0 Å². The van der Waals surface area contributed by atoms with Crippen LogP contribution in [0.15, 0.2) is 10.7 Å². The maximum atomic E-state index is 5.20. The zero-order valence-corrected chi connectivity index (χ0v) is 9.33. The summed E-state index contributed by atoms with van der Waals surface area (Å²) in [6.07, 6.45) is 5.69. The fourth-order valence-corrected chi connectivity index (χ4v) is 1.85. The zero-order chi connectivity index (χ0) is 9.54. The van der Waals surface area contributed by atoms with Gasteiger partial charge in [-0.05, 0) is 28.8 Å². The molecule has 0 radical (unpaired) electrons. The molecule has 2 aliphatic rings. The molecule has 0 N–H and O–H groups in total. The van der Waals surface area contributed by atoms with Gasteiger partial charge in [0, 0.05) is 18.5 Å². The Morgan fingerprint density at radius 3 is 2.93 bits per heavy atom. The summed E-state index contributed by atoms with van der Waals surface area (Å²) in [5.41, 5.74) is 1.10. The Morgan fingerprint density at radius 1 is 1.50 bits per heavy atom. The van der Waals surface area contributed by atoms with E-state index in [9.17, 15) is 0 Å². The van der Waals surface area contributed by atoms with Gasteiger partial charge < -0.3 is 4.74 Å². The number of epoxide rings is 1. The Kier molecular flexibility index (Phi) is 2.06. The predicted octanol–water partition coefficient (Wildman–Crippen LogP) is 2.06. The molecule has 4 heteroatoms. The van der Waals surface area contributed by atoms with E-state index in [4.69, 9.17) is 4.74 Å². The first kappa shape index (κ1) is 8.80. The molecule has 3 rings (SSSR count). The third-order valence-electron chi connectivity index (χ3n) is 2.60. The highest BCUT2D eigenvalue weighted by atomic mass is 79.9. The van der Waals surface area contributed by atoms with Crippen LogP contribution in [0.4, 0.5) is 0 Å². The number of hydrogen-bond donors (Lipinski definition) is 0. The van der Waals surface area contributed by atoms with E-state index in [2.05, 4.69) is 25.9 Å². The summed E-state index contributed by atoms with van der Waals surface area (Å²) in [6.45, 7) is 0.884. The number of aromatic nitrogens is 2. The number of hydrogen-bond acceptors (Lipinski definition) is 3. The van der Waals surface area contributed by atoms with Gasteiger partial charge in [0.25, 0.3) is 0 Å². The predicted molar refractivity (Wildman–Crippen MR) is 55.2 cm³/mol. The van der Waals surface area contributed by atoms with Crippen LogP contribution in [0.3, 0.4) is 0 Å². The first-order valence-corrected chi connectivity index (χ1v) is 5.75. The molecule has 1 saturated carbocycles. The second-order valence-corrected chi connectivity index (χ2v) is 4.81. The minimum absolute atomic E-state index is 0.397. The third kappa shape index (κ3) is 1.81. The molecule has 1 atom stereocenters. The van der Waals surface area contributed by atoms with Gasteiger partial charge >= 0.3 is 0 Å². The van der Waals surface area contributed by atoms with Crippen LogP contribution in [0, 0.1) is 0 Å². The maximum absolute atomic E-state index is 5.20. The van der Waals surface area contributed by atoms with Crippen molar-refractivity contribution in [1.29, 1.82) is 0 Å². The molecule has 0 bridgehead atoms. The van der Waals surface area contributed by atoms with Crippen molar-refractivity contribution in [1.82, 2.24) is 9.97 Å². The molecule has 1 aromatic rings. The van der Waals surface area contributed by atoms with Crippen LogP contribution < -0.4 is 0 Å². The van der Waals surface area contributed by atoms with E-state index in [0.29, 0.717) is 12.0 Å². The van der Waals surface area contributed by atoms with Crippen LogP contribution >= 0.6 is 15.9 Å². The molecular formula is C10H11BrN2O. The molecule has 0 aromatic carbocycles. The highest BCUT2D eigenvalue weighted by Crippen LogP contribution is 2.38. The summed E-state index contributed by atoms with van der Waals surface area (Å²) >= 11 is 3.48. The van der Waals surface area contributed by atoms with Crippen LogP contribution in [0.25, 0.3) is 0 Å². The highest BCUT2D eigenvalue weighted by Gasteiger charge is 2.29. The Labute approximate surface area is 91.0 Å². The average Bonchev–Trinajstić information content (AvgIpc) is 3.01. The van der Waals surface area contributed by atoms with Crippen molar-refractivity contribution in [2.24, 2.45) is 0 Å². The maximum Gasteiger partial charge on any atom is 0.131 e. The lowest BCUT2D eigenvalue weighted by molar-refractivity contribution is 0.405. The molecule has 1 aliphatic heterocycles. The molecular weight excluding hydrogens is 244 g/mol. The van der Waals surface area contributed by atoms with E-state index < -0.39 is 0 Å². The molecule has 1 unspecified atom stereocenters. The summed E-state index contributed by atoms with van der Waals surface area (Å²) in [6, 6.07) is 0. The highest BCUT2D eigenvalue weighted by molar-refractivity contribution is 9.10. The number of rotatable bonds is 3. The van der Waals surface area contributed by atoms with Crippen molar-refractivity contribution in [3.05, 3.63) is 22.2 Å². The number of nitrogens with zero attached hydrogens (tertiary/aromatic N) is 2. The van der Waals surface area contributed by atoms with E-state index in [0.717, 1.165) is 29.0 Å². The second kappa shape index (κ2) is 3.28. The largest absolute Gasteiger partial charge is 0.373 e. The van der Waals surface area contributed by atoms with Gasteiger partial charge in [-0.1, -0.05) is 0 Å². The zero-order valence-electron chi connectivity index (χ0n) is 7.74. The smallest absolute Gasteiger partial charge is 0.131 e. The van der Waals surface area contributed by atoms with E-state index >= 15 is 0 Å². The molecule has 74 valence electrons. The fraction of sp³-hybridized carbons (Fsp3) is 0.600. The lowest BCUT2D eigenvalue weighted by atomic mass is 10.2. The lowest BCUT2D eigenvalue weighted by Crippen LogP contribution is -2.02. The third-order valence-corrected chi connectivity index (χ3v) is 3.26. The van der Waals surface area contributed by atoms with Crippen molar-refractivity contribution in [2.45, 2.75) is 31.3 Å². The lowest BCUT2D eigenvalue weighted by Gasteiger charge is -2.03. The van der Waals surface area contributed by atoms with Crippen LogP contribution in [0.2, 0.25) is 0 Å². The van der Waals surface area contributed by atoms with Crippen molar-refractivity contribution in [3.63, 3.8) is 0 Å². The van der Waals surface area contributed by atoms with E-state index in [1.54, 1.807) is 0 Å². The normalized spacial score (nSPS) is 25.1. The summed E-state index contributed by atoms with van der Waals surface area (Å²) in [7, 11) is 0. The van der Waals surface area contributed by atoms with Gasteiger partial charge in [-0.15, -0.1) is 0 Å². The molecule has 14 heavy (non-hydrogen) atoms. The summed E-state index contributed by atoms with van der Waals surface area (Å²) in [5, 5.41) is 0. The first-order valence-electron chi connectivity index (χ1n) is 4.96. The van der Waals surface area contributed by atoms with Crippen LogP contribution in [0.5, 0.6) is 0 Å². The number of halogens is 1. The minimum Gasteiger partial charge on any atom is -0.373 e. The topological polar surface area (TPSA) is 38.3 Å². The van der Waals surface area contributed by atoms with Crippen LogP contribution in [-0.4, -0.2) is 22.7 Å². The average molecular weight is 255 g/mol. The quantitative estimate of drug-likeness (QED) is 0.776. The van der Waals surface area contributed by atoms with Crippen LogP contribution in [-0.2, 0) is 11.2 Å². The van der Waals surface area contributed by atoms with E-state index in [1.807, 2.05) is 6.20 Å². The molecule has 1 aromatic heterocycles. The molecule has 2 fully saturated rings. The molecule has 0 spiro atoms. The van der Waals surface area contributed by atoms with E-state index in [1.165, 1.54) is 12.8 Å². The van der Waals surface area contributed by atoms with Gasteiger partial charge in [0.1, 0.15) is 5.82 Å². The van der Waals surface area contributed by atoms with Gasteiger partial charge in [0.15, 0.2) is 0 Å². The second-order valence-electron chi connectivity index (χ2n) is 3.96. The summed E-state index contributed by atoms with van der Waals surface area (Å²) in [5.74, 6) is 1.64. The molecule has 0 amide bonds. The fourth-order valence-electron chi connectivity index (χ4n) is 1.50. The molecule has 3 nitrogen and oxygen atoms in total. The minimum atomic E-state index is 0.397. The van der Waals surface area contributed by atoms with Gasteiger partial charge in [-0.2, -0.15) is 0 Å². The SMILES string of the molecule is Brc1cnc(C2CC2)nc1CC1CO1. The van der Waals surface area contributed by atoms with E-state index in [-0.39, 0.29) is 0 Å². The summed E-state index contributed by atoms with van der Waals surface area (Å²) < 4.78 is 6.21. The molecule has 1 saturated heterocycles. The standard InChI is InChI=1S/C10H11BrN2O/c11-8-4-12-10(6-1-2-6)13-9(8)3-7-5-14-7/h4,6-7H,1-3,5H2. The first-order chi connectivity index (χ1) is 6.83. The Hall–Kier alpha value is -0.480. The Morgan fingerprint density at radius 2 is 2.29 bits per heavy atom. The van der Waals surface area contributed by atoms with Gasteiger partial charge in [-0.25, -0.2) is 9.97 Å². The Balaban J connectivity index is 1.86. The monoisotopic (exact) mass is 254 g/mol. The summed E-state index contributed by atoms with van der Waals surface area (Å²) in [4.78, 5) is 8.91. The van der Waals surface area contributed by atoms with Gasteiger partial charge in [0.2, 0.25) is 0 Å². The molecule has 2 heterocycles. The number of ether oxygens (including phenoxy) is 1. The van der Waals surface area contributed by atoms with Gasteiger partial charge in [0.05, 0.1) is 22.9 Å². The van der Waals surface area contributed by atoms with Crippen molar-refractivity contribution in [3.8, 4) is 0 Å².